The summed E-state index contributed by atoms with van der Waals surface area (Å²) in [6.07, 6.45) is 21.1. The molecule has 0 bridgehead atoms. The summed E-state index contributed by atoms with van der Waals surface area (Å²) < 4.78 is 34.6. The van der Waals surface area contributed by atoms with E-state index in [-0.39, 0.29) is 35.7 Å². The third-order valence-corrected chi connectivity index (χ3v) is 7.36. The summed E-state index contributed by atoms with van der Waals surface area (Å²) in [7, 11) is -4.18. The van der Waals surface area contributed by atoms with Gasteiger partial charge in [0.2, 0.25) is 0 Å². The van der Waals surface area contributed by atoms with Crippen molar-refractivity contribution in [1.29, 1.82) is 0 Å². The second-order valence-electron chi connectivity index (χ2n) is 8.85. The Kier molecular flexibility index (Phi) is 25.4. The SMILES string of the molecule is CCCCCCCCCCCCCCC(CCCCCCC(O)CC)S(=O)(=O)[O-].[Na+]. The van der Waals surface area contributed by atoms with E-state index in [0.29, 0.717) is 12.8 Å². The number of hydrogen-bond acceptors (Lipinski definition) is 4. The molecule has 0 radical (unpaired) electrons. The molecule has 2 unspecified atom stereocenters. The Bertz CT molecular complexity index is 442. The molecule has 0 aromatic heterocycles. The van der Waals surface area contributed by atoms with Gasteiger partial charge in [-0.05, 0) is 25.7 Å². The number of rotatable bonds is 22. The fraction of sp³-hybridized carbons (Fsp3) is 1.00. The molecule has 0 rings (SSSR count). The molecule has 6 heteroatoms. The van der Waals surface area contributed by atoms with Gasteiger partial charge in [-0.15, -0.1) is 0 Å². The summed E-state index contributed by atoms with van der Waals surface area (Å²) in [6, 6.07) is 0. The van der Waals surface area contributed by atoms with Crippen LogP contribution in [-0.4, -0.2) is 29.4 Å². The van der Waals surface area contributed by atoms with Gasteiger partial charge in [0, 0.05) is 5.25 Å². The van der Waals surface area contributed by atoms with E-state index in [9.17, 15) is 18.1 Å². The minimum Gasteiger partial charge on any atom is -0.748 e. The number of aliphatic hydroxyl groups excluding tert-OH is 1. The van der Waals surface area contributed by atoms with E-state index in [4.69, 9.17) is 0 Å². The largest absolute Gasteiger partial charge is 1.00 e. The molecule has 30 heavy (non-hydrogen) atoms. The maximum absolute atomic E-state index is 11.5. The van der Waals surface area contributed by atoms with Gasteiger partial charge < -0.3 is 9.66 Å². The number of aliphatic hydroxyl groups is 1. The van der Waals surface area contributed by atoms with Gasteiger partial charge in [0.05, 0.1) is 16.2 Å². The third-order valence-electron chi connectivity index (χ3n) is 6.07. The Balaban J connectivity index is 0. The molecule has 4 nitrogen and oxygen atoms in total. The molecule has 0 aliphatic heterocycles. The summed E-state index contributed by atoms with van der Waals surface area (Å²) in [6.45, 7) is 4.22. The van der Waals surface area contributed by atoms with E-state index in [2.05, 4.69) is 6.92 Å². The van der Waals surface area contributed by atoms with E-state index >= 15 is 0 Å². The molecule has 0 spiro atoms. The second kappa shape index (κ2) is 23.0. The Morgan fingerprint density at radius 1 is 0.633 bits per heavy atom. The first-order valence-corrected chi connectivity index (χ1v) is 14.0. The number of hydrogen-bond donors (Lipinski definition) is 1. The Labute approximate surface area is 210 Å². The van der Waals surface area contributed by atoms with Gasteiger partial charge in [0.15, 0.2) is 0 Å². The maximum Gasteiger partial charge on any atom is 1.00 e. The average Bonchev–Trinajstić information content (AvgIpc) is 2.68. The predicted molar refractivity (Wildman–Crippen MR) is 123 cm³/mol. The molecular weight excluding hydrogens is 407 g/mol. The molecule has 2 atom stereocenters. The van der Waals surface area contributed by atoms with Crippen LogP contribution in [0.5, 0.6) is 0 Å². The zero-order valence-corrected chi connectivity index (χ0v) is 23.2. The van der Waals surface area contributed by atoms with E-state index in [1.807, 2.05) is 6.92 Å². The molecule has 0 aromatic rings. The molecule has 0 saturated carbocycles. The molecule has 1 N–H and O–H groups in total. The summed E-state index contributed by atoms with van der Waals surface area (Å²) in [5.74, 6) is 0. The van der Waals surface area contributed by atoms with Crippen molar-refractivity contribution >= 4 is 10.1 Å². The van der Waals surface area contributed by atoms with Gasteiger partial charge in [-0.3, -0.25) is 0 Å². The monoisotopic (exact) mass is 456 g/mol. The molecule has 0 heterocycles. The standard InChI is InChI=1S/C24H50O4S.Na/c1-3-5-6-7-8-9-10-11-12-13-14-18-21-24(29(26,27)28)22-19-16-15-17-20-23(25)4-2;/h23-25H,3-22H2,1-2H3,(H,26,27,28);/q;+1/p-1. The molecule has 0 saturated heterocycles. The quantitative estimate of drug-likeness (QED) is 0.151. The fourth-order valence-corrected chi connectivity index (χ4v) is 4.87. The topological polar surface area (TPSA) is 77.4 Å². The van der Waals surface area contributed by atoms with Crippen LogP contribution in [0.25, 0.3) is 0 Å². The van der Waals surface area contributed by atoms with Crippen molar-refractivity contribution in [3.63, 3.8) is 0 Å². The van der Waals surface area contributed by atoms with Gasteiger partial charge in [-0.2, -0.15) is 0 Å². The first-order chi connectivity index (χ1) is 13.9. The van der Waals surface area contributed by atoms with Gasteiger partial charge in [0.1, 0.15) is 0 Å². The van der Waals surface area contributed by atoms with Crippen LogP contribution in [0.15, 0.2) is 0 Å². The van der Waals surface area contributed by atoms with Crippen LogP contribution in [0, 0.1) is 0 Å². The van der Waals surface area contributed by atoms with E-state index in [1.165, 1.54) is 57.8 Å². The molecule has 0 aromatic carbocycles. The van der Waals surface area contributed by atoms with Crippen molar-refractivity contribution in [3.05, 3.63) is 0 Å². The van der Waals surface area contributed by atoms with Crippen LogP contribution in [0.4, 0.5) is 0 Å². The molecule has 176 valence electrons. The normalized spacial score (nSPS) is 13.7. The minimum atomic E-state index is -4.18. The van der Waals surface area contributed by atoms with E-state index in [1.54, 1.807) is 0 Å². The predicted octanol–water partition coefficient (Wildman–Crippen LogP) is 4.11. The molecular formula is C24H49NaO4S. The molecule has 0 aliphatic carbocycles. The Morgan fingerprint density at radius 2 is 0.967 bits per heavy atom. The number of unbranched alkanes of at least 4 members (excludes halogenated alkanes) is 14. The average molecular weight is 457 g/mol. The van der Waals surface area contributed by atoms with Gasteiger partial charge in [-0.25, -0.2) is 8.42 Å². The summed E-state index contributed by atoms with van der Waals surface area (Å²) in [4.78, 5) is 0. The van der Waals surface area contributed by atoms with E-state index in [0.717, 1.165) is 57.8 Å². The van der Waals surface area contributed by atoms with Crippen molar-refractivity contribution in [1.82, 2.24) is 0 Å². The first-order valence-electron chi connectivity index (χ1n) is 12.5. The van der Waals surface area contributed by atoms with Crippen molar-refractivity contribution in [3.8, 4) is 0 Å². The van der Waals surface area contributed by atoms with Gasteiger partial charge in [-0.1, -0.05) is 117 Å². The van der Waals surface area contributed by atoms with Gasteiger partial charge >= 0.3 is 29.6 Å². The van der Waals surface area contributed by atoms with Crippen LogP contribution in [0.3, 0.4) is 0 Å². The van der Waals surface area contributed by atoms with Crippen molar-refractivity contribution in [2.24, 2.45) is 0 Å². The van der Waals surface area contributed by atoms with Crippen molar-refractivity contribution < 1.29 is 47.6 Å². The van der Waals surface area contributed by atoms with Crippen LogP contribution < -0.4 is 29.6 Å². The zero-order valence-electron chi connectivity index (χ0n) is 20.4. The fourth-order valence-electron chi connectivity index (χ4n) is 3.96. The minimum absolute atomic E-state index is 0. The molecule has 0 aliphatic rings. The van der Waals surface area contributed by atoms with Crippen LogP contribution in [0.1, 0.15) is 142 Å². The second-order valence-corrected chi connectivity index (χ2v) is 10.5. The van der Waals surface area contributed by atoms with Crippen molar-refractivity contribution in [2.45, 2.75) is 154 Å². The smallest absolute Gasteiger partial charge is 0.748 e. The van der Waals surface area contributed by atoms with Gasteiger partial charge in [0.25, 0.3) is 0 Å². The summed E-state index contributed by atoms with van der Waals surface area (Å²) >= 11 is 0. The maximum atomic E-state index is 11.5. The van der Waals surface area contributed by atoms with Crippen LogP contribution in [0.2, 0.25) is 0 Å². The summed E-state index contributed by atoms with van der Waals surface area (Å²) in [5.41, 5.74) is 0. The zero-order chi connectivity index (χ0) is 21.8. The molecule has 0 amide bonds. The van der Waals surface area contributed by atoms with Crippen molar-refractivity contribution in [2.75, 3.05) is 0 Å². The third kappa shape index (κ3) is 22.1. The van der Waals surface area contributed by atoms with E-state index < -0.39 is 15.4 Å². The van der Waals surface area contributed by atoms with Crippen LogP contribution >= 0.6 is 0 Å². The Hall–Kier alpha value is 0.870. The first kappa shape index (κ1) is 33.0. The molecule has 0 fully saturated rings. The summed E-state index contributed by atoms with van der Waals surface area (Å²) in [5, 5.41) is 8.83. The van der Waals surface area contributed by atoms with Crippen LogP contribution in [-0.2, 0) is 10.1 Å². The Morgan fingerprint density at radius 3 is 1.30 bits per heavy atom.